The van der Waals surface area contributed by atoms with Crippen molar-refractivity contribution in [1.82, 2.24) is 10.2 Å². The number of halogens is 2. The summed E-state index contributed by atoms with van der Waals surface area (Å²) in [5.74, 6) is 0.147. The molecule has 0 aromatic carbocycles. The Hall–Kier alpha value is -1.06. The molecule has 0 aliphatic heterocycles. The average molecular weight is 228 g/mol. The maximum absolute atomic E-state index is 12.9. The third kappa shape index (κ3) is 2.74. The van der Waals surface area contributed by atoms with Crippen molar-refractivity contribution in [3.05, 3.63) is 23.0 Å². The molecule has 0 aliphatic rings. The van der Waals surface area contributed by atoms with Crippen LogP contribution in [-0.4, -0.2) is 10.2 Å². The molecule has 1 atom stereocenters. The molecule has 0 saturated heterocycles. The van der Waals surface area contributed by atoms with Crippen LogP contribution in [0.15, 0.2) is 6.07 Å². The summed E-state index contributed by atoms with van der Waals surface area (Å²) in [7, 11) is 0. The Morgan fingerprint density at radius 2 is 1.81 bits per heavy atom. The van der Waals surface area contributed by atoms with Gasteiger partial charge in [0.2, 0.25) is 0 Å². The van der Waals surface area contributed by atoms with Gasteiger partial charge in [-0.05, 0) is 18.4 Å². The summed E-state index contributed by atoms with van der Waals surface area (Å²) in [4.78, 5) is 0. The number of hydrogen-bond donors (Lipinski definition) is 0. The molecule has 16 heavy (non-hydrogen) atoms. The normalized spacial score (nSPS) is 13.5. The molecule has 1 aromatic heterocycles. The smallest absolute Gasteiger partial charge is 0.205 e. The topological polar surface area (TPSA) is 25.8 Å². The largest absolute Gasteiger partial charge is 0.265 e. The van der Waals surface area contributed by atoms with E-state index in [2.05, 4.69) is 10.2 Å². The van der Waals surface area contributed by atoms with Crippen LogP contribution >= 0.6 is 0 Å². The minimum absolute atomic E-state index is 0.0257. The van der Waals surface area contributed by atoms with E-state index in [1.165, 1.54) is 6.07 Å². The standard InChI is InChI=1S/C12H18F2N2/c1-5-8(4)11-9(12(13)14)6-10(7(2)3)15-16-11/h6-8,12H,5H2,1-4H3. The van der Waals surface area contributed by atoms with E-state index < -0.39 is 6.43 Å². The summed E-state index contributed by atoms with van der Waals surface area (Å²) in [6.07, 6.45) is -1.69. The first-order valence-electron chi connectivity index (χ1n) is 5.62. The van der Waals surface area contributed by atoms with Crippen LogP contribution in [0.2, 0.25) is 0 Å². The first kappa shape index (κ1) is 13.0. The Labute approximate surface area is 95.1 Å². The van der Waals surface area contributed by atoms with Crippen LogP contribution in [0.25, 0.3) is 0 Å². The Kier molecular flexibility index (Phi) is 4.33. The highest BCUT2D eigenvalue weighted by Gasteiger charge is 2.20. The fraction of sp³-hybridized carbons (Fsp3) is 0.667. The number of rotatable bonds is 4. The van der Waals surface area contributed by atoms with Crippen molar-refractivity contribution in [2.24, 2.45) is 0 Å². The third-order valence-corrected chi connectivity index (χ3v) is 2.78. The SMILES string of the molecule is CCC(C)c1nnc(C(C)C)cc1C(F)F. The number of nitrogens with zero attached hydrogens (tertiary/aromatic N) is 2. The third-order valence-electron chi connectivity index (χ3n) is 2.78. The second-order valence-electron chi connectivity index (χ2n) is 4.37. The fourth-order valence-corrected chi connectivity index (χ4v) is 1.46. The molecule has 4 heteroatoms. The minimum Gasteiger partial charge on any atom is -0.205 e. The molecule has 1 heterocycles. The van der Waals surface area contributed by atoms with Gasteiger partial charge in [-0.1, -0.05) is 27.7 Å². The minimum atomic E-state index is -2.48. The van der Waals surface area contributed by atoms with Gasteiger partial charge >= 0.3 is 0 Å². The van der Waals surface area contributed by atoms with Crippen LogP contribution in [0.4, 0.5) is 8.78 Å². The zero-order valence-corrected chi connectivity index (χ0v) is 10.2. The molecule has 1 rings (SSSR count). The Morgan fingerprint density at radius 3 is 2.25 bits per heavy atom. The van der Waals surface area contributed by atoms with Gasteiger partial charge in [0.05, 0.1) is 11.4 Å². The molecule has 1 aromatic rings. The monoisotopic (exact) mass is 228 g/mol. The summed E-state index contributed by atoms with van der Waals surface area (Å²) < 4.78 is 25.8. The second kappa shape index (κ2) is 5.32. The van der Waals surface area contributed by atoms with Gasteiger partial charge < -0.3 is 0 Å². The fourth-order valence-electron chi connectivity index (χ4n) is 1.46. The van der Waals surface area contributed by atoms with Gasteiger partial charge in [-0.15, -0.1) is 0 Å². The van der Waals surface area contributed by atoms with E-state index in [1.807, 2.05) is 27.7 Å². The lowest BCUT2D eigenvalue weighted by Crippen LogP contribution is -2.07. The highest BCUT2D eigenvalue weighted by atomic mass is 19.3. The summed E-state index contributed by atoms with van der Waals surface area (Å²) in [5.41, 5.74) is 1.09. The van der Waals surface area contributed by atoms with Crippen LogP contribution < -0.4 is 0 Å². The first-order chi connectivity index (χ1) is 7.47. The van der Waals surface area contributed by atoms with Gasteiger partial charge in [0, 0.05) is 11.5 Å². The molecular weight excluding hydrogens is 210 g/mol. The van der Waals surface area contributed by atoms with E-state index in [1.54, 1.807) is 0 Å². The highest BCUT2D eigenvalue weighted by Crippen LogP contribution is 2.29. The van der Waals surface area contributed by atoms with E-state index in [-0.39, 0.29) is 17.4 Å². The zero-order chi connectivity index (χ0) is 12.3. The van der Waals surface area contributed by atoms with Crippen molar-refractivity contribution < 1.29 is 8.78 Å². The van der Waals surface area contributed by atoms with E-state index >= 15 is 0 Å². The van der Waals surface area contributed by atoms with Crippen LogP contribution in [0, 0.1) is 0 Å². The maximum atomic E-state index is 12.9. The number of hydrogen-bond acceptors (Lipinski definition) is 2. The lowest BCUT2D eigenvalue weighted by molar-refractivity contribution is 0.148. The number of aromatic nitrogens is 2. The van der Waals surface area contributed by atoms with E-state index in [0.29, 0.717) is 11.4 Å². The van der Waals surface area contributed by atoms with Gasteiger partial charge in [-0.25, -0.2) is 8.78 Å². The van der Waals surface area contributed by atoms with Crippen molar-refractivity contribution >= 4 is 0 Å². The summed E-state index contributed by atoms with van der Waals surface area (Å²) in [5, 5.41) is 7.97. The van der Waals surface area contributed by atoms with Gasteiger partial charge in [0.1, 0.15) is 0 Å². The predicted octanol–water partition coefficient (Wildman–Crippen LogP) is 4.05. The van der Waals surface area contributed by atoms with Gasteiger partial charge in [0.15, 0.2) is 0 Å². The Morgan fingerprint density at radius 1 is 1.19 bits per heavy atom. The van der Waals surface area contributed by atoms with Gasteiger partial charge in [0.25, 0.3) is 6.43 Å². The average Bonchev–Trinajstić information content (AvgIpc) is 2.26. The Balaban J connectivity index is 3.19. The molecule has 0 fully saturated rings. The van der Waals surface area contributed by atoms with Gasteiger partial charge in [-0.3, -0.25) is 0 Å². The first-order valence-corrected chi connectivity index (χ1v) is 5.62. The predicted molar refractivity (Wildman–Crippen MR) is 59.8 cm³/mol. The second-order valence-corrected chi connectivity index (χ2v) is 4.37. The summed E-state index contributed by atoms with van der Waals surface area (Å²) in [6, 6.07) is 1.49. The molecule has 90 valence electrons. The number of alkyl halides is 2. The maximum Gasteiger partial charge on any atom is 0.265 e. The molecule has 0 saturated carbocycles. The van der Waals surface area contributed by atoms with Crippen molar-refractivity contribution in [2.45, 2.75) is 52.4 Å². The van der Waals surface area contributed by atoms with Crippen LogP contribution in [0.1, 0.15) is 69.3 Å². The highest BCUT2D eigenvalue weighted by molar-refractivity contribution is 5.26. The van der Waals surface area contributed by atoms with Crippen LogP contribution in [0.3, 0.4) is 0 Å². The lowest BCUT2D eigenvalue weighted by Gasteiger charge is -2.14. The van der Waals surface area contributed by atoms with Crippen LogP contribution in [0.5, 0.6) is 0 Å². The molecule has 0 radical (unpaired) electrons. The zero-order valence-electron chi connectivity index (χ0n) is 10.2. The summed E-state index contributed by atoms with van der Waals surface area (Å²) >= 11 is 0. The molecule has 0 aliphatic carbocycles. The van der Waals surface area contributed by atoms with Crippen LogP contribution in [-0.2, 0) is 0 Å². The van der Waals surface area contributed by atoms with Crippen molar-refractivity contribution in [2.75, 3.05) is 0 Å². The van der Waals surface area contributed by atoms with E-state index in [4.69, 9.17) is 0 Å². The van der Waals surface area contributed by atoms with Crippen molar-refractivity contribution in [3.8, 4) is 0 Å². The van der Waals surface area contributed by atoms with Crippen molar-refractivity contribution in [3.63, 3.8) is 0 Å². The van der Waals surface area contributed by atoms with E-state index in [0.717, 1.165) is 6.42 Å². The molecule has 0 amide bonds. The molecule has 0 bridgehead atoms. The molecule has 0 spiro atoms. The quantitative estimate of drug-likeness (QED) is 0.776. The molecule has 2 nitrogen and oxygen atoms in total. The molecule has 1 unspecified atom stereocenters. The van der Waals surface area contributed by atoms with E-state index in [9.17, 15) is 8.78 Å². The molecule has 0 N–H and O–H groups in total. The summed E-state index contributed by atoms with van der Waals surface area (Å²) in [6.45, 7) is 7.69. The van der Waals surface area contributed by atoms with Gasteiger partial charge in [-0.2, -0.15) is 10.2 Å². The lowest BCUT2D eigenvalue weighted by atomic mass is 9.98. The molecular formula is C12H18F2N2. The Bertz CT molecular complexity index is 351. The van der Waals surface area contributed by atoms with Crippen molar-refractivity contribution in [1.29, 1.82) is 0 Å².